The van der Waals surface area contributed by atoms with Crippen molar-refractivity contribution in [3.63, 3.8) is 0 Å². The van der Waals surface area contributed by atoms with E-state index in [9.17, 15) is 8.42 Å². The monoisotopic (exact) mass is 444 g/mol. The zero-order valence-corrected chi connectivity index (χ0v) is 19.5. The second-order valence-corrected chi connectivity index (χ2v) is 9.38. The van der Waals surface area contributed by atoms with Crippen molar-refractivity contribution in [3.05, 3.63) is 29.3 Å². The van der Waals surface area contributed by atoms with Gasteiger partial charge in [-0.1, -0.05) is 13.3 Å². The predicted octanol–water partition coefficient (Wildman–Crippen LogP) is 2.44. The van der Waals surface area contributed by atoms with Gasteiger partial charge in [-0.25, -0.2) is 8.42 Å². The summed E-state index contributed by atoms with van der Waals surface area (Å²) < 4.78 is 31.5. The van der Waals surface area contributed by atoms with Crippen LogP contribution in [0.25, 0.3) is 0 Å². The maximum Gasteiger partial charge on any atom is 0.246 e. The van der Waals surface area contributed by atoms with Crippen LogP contribution in [0.3, 0.4) is 0 Å². The van der Waals surface area contributed by atoms with Crippen LogP contribution in [0.15, 0.2) is 17.3 Å². The van der Waals surface area contributed by atoms with Gasteiger partial charge in [-0.3, -0.25) is 14.3 Å². The van der Waals surface area contributed by atoms with Gasteiger partial charge >= 0.3 is 0 Å². The van der Waals surface area contributed by atoms with Gasteiger partial charge in [0.1, 0.15) is 4.90 Å². The van der Waals surface area contributed by atoms with Crippen LogP contribution in [-0.2, 0) is 29.7 Å². The minimum absolute atomic E-state index is 0. The molecule has 8 nitrogen and oxygen atoms in total. The number of hydrogen-bond acceptors (Lipinski definition) is 5. The second-order valence-electron chi connectivity index (χ2n) is 7.47. The molecule has 164 valence electrons. The molecule has 2 aromatic heterocycles. The molecule has 2 aromatic rings. The number of halogens is 1. The first-order valence-electron chi connectivity index (χ1n) is 10.1. The number of unbranched alkanes of at least 4 members (excludes halogenated alkanes) is 1. The van der Waals surface area contributed by atoms with E-state index in [2.05, 4.69) is 35.1 Å². The van der Waals surface area contributed by atoms with E-state index in [1.165, 1.54) is 5.56 Å². The molecule has 1 saturated heterocycles. The summed E-state index contributed by atoms with van der Waals surface area (Å²) in [6.07, 6.45) is 5.83. The van der Waals surface area contributed by atoms with Crippen molar-refractivity contribution in [3.8, 4) is 0 Å². The first-order chi connectivity index (χ1) is 13.3. The van der Waals surface area contributed by atoms with Crippen LogP contribution in [0.1, 0.15) is 43.6 Å². The van der Waals surface area contributed by atoms with Crippen molar-refractivity contribution in [2.75, 3.05) is 26.2 Å². The summed E-state index contributed by atoms with van der Waals surface area (Å²) in [5.74, 6) is 0. The van der Waals surface area contributed by atoms with E-state index in [1.54, 1.807) is 22.1 Å². The normalized spacial score (nSPS) is 16.1. The van der Waals surface area contributed by atoms with Crippen molar-refractivity contribution < 1.29 is 8.42 Å². The largest absolute Gasteiger partial charge is 0.296 e. The van der Waals surface area contributed by atoms with Crippen molar-refractivity contribution >= 4 is 22.4 Å². The number of rotatable bonds is 8. The Hall–Kier alpha value is -1.42. The number of nitrogens with zero attached hydrogens (tertiary/aromatic N) is 6. The van der Waals surface area contributed by atoms with Gasteiger partial charge in [0, 0.05) is 63.8 Å². The fraction of sp³-hybridized carbons (Fsp3) is 0.684. The Balaban J connectivity index is 0.00000300. The number of hydrogen-bond donors (Lipinski definition) is 0. The molecule has 0 saturated carbocycles. The minimum Gasteiger partial charge on any atom is -0.296 e. The molecule has 0 bridgehead atoms. The van der Waals surface area contributed by atoms with Crippen LogP contribution in [0.4, 0.5) is 0 Å². The standard InChI is InChI=1S/C19H32N6O2S.ClH/c1-5-7-8-24-15-19(17(4)21-24)28(26,27)25-11-9-22(10-12-25)13-18-14-23(6-2)20-16(18)3;/h14-15H,5-13H2,1-4H3;1H. The maximum atomic E-state index is 13.1. The molecule has 1 aliphatic rings. The lowest BCUT2D eigenvalue weighted by Gasteiger charge is -2.33. The summed E-state index contributed by atoms with van der Waals surface area (Å²) >= 11 is 0. The highest BCUT2D eigenvalue weighted by Gasteiger charge is 2.31. The quantitative estimate of drug-likeness (QED) is 0.625. The highest BCUT2D eigenvalue weighted by molar-refractivity contribution is 7.89. The zero-order chi connectivity index (χ0) is 20.3. The summed E-state index contributed by atoms with van der Waals surface area (Å²) in [6, 6.07) is 0. The van der Waals surface area contributed by atoms with Gasteiger partial charge in [0.05, 0.1) is 11.4 Å². The lowest BCUT2D eigenvalue weighted by Crippen LogP contribution is -2.48. The van der Waals surface area contributed by atoms with Gasteiger partial charge in [-0.2, -0.15) is 14.5 Å². The van der Waals surface area contributed by atoms with E-state index in [1.807, 2.05) is 11.6 Å². The summed E-state index contributed by atoms with van der Waals surface area (Å²) in [5.41, 5.74) is 2.85. The fourth-order valence-electron chi connectivity index (χ4n) is 3.57. The van der Waals surface area contributed by atoms with Crippen molar-refractivity contribution in [2.45, 2.75) is 65.1 Å². The number of piperazine rings is 1. The first kappa shape index (κ1) is 23.9. The number of aromatic nitrogens is 4. The number of aryl methyl sites for hydroxylation is 4. The molecule has 29 heavy (non-hydrogen) atoms. The maximum absolute atomic E-state index is 13.1. The summed E-state index contributed by atoms with van der Waals surface area (Å²) in [5, 5.41) is 8.89. The van der Waals surface area contributed by atoms with E-state index in [0.29, 0.717) is 23.7 Å². The Morgan fingerprint density at radius 2 is 1.62 bits per heavy atom. The molecule has 0 radical (unpaired) electrons. The Labute approximate surface area is 180 Å². The van der Waals surface area contributed by atoms with Gasteiger partial charge in [0.15, 0.2) is 0 Å². The van der Waals surface area contributed by atoms with Crippen molar-refractivity contribution in [1.82, 2.24) is 28.8 Å². The molecule has 0 amide bonds. The van der Waals surface area contributed by atoms with E-state index in [0.717, 1.165) is 51.3 Å². The molecule has 1 fully saturated rings. The van der Waals surface area contributed by atoms with Crippen LogP contribution in [0, 0.1) is 13.8 Å². The second kappa shape index (κ2) is 10.1. The molecular formula is C19H33ClN6O2S. The minimum atomic E-state index is -3.49. The van der Waals surface area contributed by atoms with Crippen LogP contribution >= 0.6 is 12.4 Å². The summed E-state index contributed by atoms with van der Waals surface area (Å²) in [6.45, 7) is 12.9. The average Bonchev–Trinajstić information content (AvgIpc) is 3.23. The van der Waals surface area contributed by atoms with Gasteiger partial charge in [0.25, 0.3) is 0 Å². The Bertz CT molecular complexity index is 900. The van der Waals surface area contributed by atoms with Crippen LogP contribution < -0.4 is 0 Å². The molecule has 0 spiro atoms. The first-order valence-corrected chi connectivity index (χ1v) is 11.6. The molecule has 0 N–H and O–H groups in total. The molecule has 0 atom stereocenters. The Morgan fingerprint density at radius 1 is 0.966 bits per heavy atom. The number of sulfonamides is 1. The molecular weight excluding hydrogens is 412 g/mol. The van der Waals surface area contributed by atoms with Crippen molar-refractivity contribution in [2.24, 2.45) is 0 Å². The lowest BCUT2D eigenvalue weighted by atomic mass is 10.2. The highest BCUT2D eigenvalue weighted by Crippen LogP contribution is 2.21. The van der Waals surface area contributed by atoms with Gasteiger partial charge in [0.2, 0.25) is 10.0 Å². The van der Waals surface area contributed by atoms with E-state index in [4.69, 9.17) is 0 Å². The summed E-state index contributed by atoms with van der Waals surface area (Å²) in [7, 11) is -3.49. The van der Waals surface area contributed by atoms with E-state index >= 15 is 0 Å². The fourth-order valence-corrected chi connectivity index (χ4v) is 5.16. The lowest BCUT2D eigenvalue weighted by molar-refractivity contribution is 0.181. The van der Waals surface area contributed by atoms with E-state index in [-0.39, 0.29) is 12.4 Å². The van der Waals surface area contributed by atoms with Gasteiger partial charge in [-0.15, -0.1) is 12.4 Å². The topological polar surface area (TPSA) is 76.3 Å². The Morgan fingerprint density at radius 3 is 2.21 bits per heavy atom. The van der Waals surface area contributed by atoms with Gasteiger partial charge < -0.3 is 0 Å². The SMILES string of the molecule is CCCCn1cc(S(=O)(=O)N2CCN(Cc3cn(CC)nc3C)CC2)c(C)n1.Cl. The zero-order valence-electron chi connectivity index (χ0n) is 17.8. The van der Waals surface area contributed by atoms with Crippen LogP contribution in [-0.4, -0.2) is 63.4 Å². The third-order valence-electron chi connectivity index (χ3n) is 5.36. The average molecular weight is 445 g/mol. The third-order valence-corrected chi connectivity index (χ3v) is 7.36. The van der Waals surface area contributed by atoms with Gasteiger partial charge in [-0.05, 0) is 27.2 Å². The van der Waals surface area contributed by atoms with E-state index < -0.39 is 10.0 Å². The van der Waals surface area contributed by atoms with Crippen molar-refractivity contribution in [1.29, 1.82) is 0 Å². The molecule has 10 heteroatoms. The summed E-state index contributed by atoms with van der Waals surface area (Å²) in [4.78, 5) is 2.64. The molecule has 1 aliphatic heterocycles. The Kier molecular flexibility index (Phi) is 8.28. The molecule has 0 aliphatic carbocycles. The smallest absolute Gasteiger partial charge is 0.246 e. The third kappa shape index (κ3) is 5.39. The molecule has 0 unspecified atom stereocenters. The predicted molar refractivity (Wildman–Crippen MR) is 116 cm³/mol. The molecule has 3 heterocycles. The molecule has 0 aromatic carbocycles. The van der Waals surface area contributed by atoms with Crippen LogP contribution in [0.5, 0.6) is 0 Å². The molecule has 3 rings (SSSR count). The van der Waals surface area contributed by atoms with Crippen LogP contribution in [0.2, 0.25) is 0 Å². The highest BCUT2D eigenvalue weighted by atomic mass is 35.5.